The molecule has 0 spiro atoms. The first-order valence-electron chi connectivity index (χ1n) is 11.2. The number of hydrogen-bond acceptors (Lipinski definition) is 8. The number of amides is 1. The summed E-state index contributed by atoms with van der Waals surface area (Å²) in [4.78, 5) is 22.3. The highest BCUT2D eigenvalue weighted by Crippen LogP contribution is 2.36. The van der Waals surface area contributed by atoms with Crippen molar-refractivity contribution in [3.8, 4) is 5.75 Å². The van der Waals surface area contributed by atoms with Gasteiger partial charge in [-0.05, 0) is 63.5 Å². The van der Waals surface area contributed by atoms with Crippen LogP contribution in [0.25, 0.3) is 10.2 Å². The standard InChI is InChI=1S/C23H30N4O4S3/c1-25(2)12-6-13-27(23-24-21-18(31-3)7-4-8-19(21)33-23)22(28)17-10-14-26(15-11-17)34(29,30)20-9-5-16-32-20/h4-5,7-9,16-17H,6,10-15H2,1-3H3. The Kier molecular flexibility index (Phi) is 7.88. The van der Waals surface area contributed by atoms with Crippen molar-refractivity contribution < 1.29 is 17.9 Å². The van der Waals surface area contributed by atoms with Gasteiger partial charge in [-0.15, -0.1) is 11.3 Å². The van der Waals surface area contributed by atoms with Crippen molar-refractivity contribution >= 4 is 54.0 Å². The second kappa shape index (κ2) is 10.7. The highest BCUT2D eigenvalue weighted by Gasteiger charge is 2.35. The number of thiazole rings is 1. The lowest BCUT2D eigenvalue weighted by Crippen LogP contribution is -2.45. The van der Waals surface area contributed by atoms with Crippen LogP contribution in [0.5, 0.6) is 5.75 Å². The van der Waals surface area contributed by atoms with Crippen LogP contribution in [-0.4, -0.2) is 75.9 Å². The lowest BCUT2D eigenvalue weighted by atomic mass is 9.96. The molecular weight excluding hydrogens is 492 g/mol. The summed E-state index contributed by atoms with van der Waals surface area (Å²) < 4.78 is 34.0. The molecule has 0 saturated carbocycles. The minimum atomic E-state index is -3.49. The molecule has 3 heterocycles. The van der Waals surface area contributed by atoms with Gasteiger partial charge in [0.25, 0.3) is 10.0 Å². The maximum Gasteiger partial charge on any atom is 0.252 e. The third-order valence-electron chi connectivity index (χ3n) is 5.97. The Balaban J connectivity index is 1.52. The Morgan fingerprint density at radius 2 is 1.94 bits per heavy atom. The van der Waals surface area contributed by atoms with Crippen molar-refractivity contribution in [3.63, 3.8) is 0 Å². The zero-order chi connectivity index (χ0) is 24.3. The number of piperidine rings is 1. The van der Waals surface area contributed by atoms with Gasteiger partial charge in [-0.25, -0.2) is 13.4 Å². The summed E-state index contributed by atoms with van der Waals surface area (Å²) in [5.74, 6) is 0.473. The van der Waals surface area contributed by atoms with E-state index in [2.05, 4.69) is 4.90 Å². The van der Waals surface area contributed by atoms with Crippen LogP contribution in [0.15, 0.2) is 39.9 Å². The molecule has 1 saturated heterocycles. The van der Waals surface area contributed by atoms with Crippen LogP contribution >= 0.6 is 22.7 Å². The second-order valence-electron chi connectivity index (χ2n) is 8.56. The van der Waals surface area contributed by atoms with Crippen molar-refractivity contribution in [2.75, 3.05) is 52.3 Å². The number of ether oxygens (including phenoxy) is 1. The molecule has 184 valence electrons. The Bertz CT molecular complexity index is 1220. The van der Waals surface area contributed by atoms with E-state index in [4.69, 9.17) is 9.72 Å². The van der Waals surface area contributed by atoms with E-state index in [0.717, 1.165) is 23.2 Å². The molecule has 3 aromatic rings. The summed E-state index contributed by atoms with van der Waals surface area (Å²) in [6.45, 7) is 2.11. The monoisotopic (exact) mass is 522 g/mol. The summed E-state index contributed by atoms with van der Waals surface area (Å²) >= 11 is 2.71. The van der Waals surface area contributed by atoms with E-state index in [0.29, 0.717) is 47.6 Å². The molecule has 0 unspecified atom stereocenters. The molecular formula is C23H30N4O4S3. The van der Waals surface area contributed by atoms with Gasteiger partial charge in [-0.3, -0.25) is 9.69 Å². The third-order valence-corrected chi connectivity index (χ3v) is 10.3. The Hall–Kier alpha value is -2.05. The zero-order valence-corrected chi connectivity index (χ0v) is 22.1. The fraction of sp³-hybridized carbons (Fsp3) is 0.478. The van der Waals surface area contributed by atoms with Crippen LogP contribution in [0.2, 0.25) is 0 Å². The third kappa shape index (κ3) is 5.28. The number of fused-ring (bicyclic) bond motifs is 1. The minimum Gasteiger partial charge on any atom is -0.494 e. The Labute approximate surface area is 208 Å². The van der Waals surface area contributed by atoms with E-state index in [1.54, 1.807) is 29.5 Å². The molecule has 0 N–H and O–H groups in total. The number of rotatable bonds is 9. The first kappa shape index (κ1) is 25.1. The van der Waals surface area contributed by atoms with E-state index < -0.39 is 10.0 Å². The van der Waals surface area contributed by atoms with Crippen LogP contribution in [0.1, 0.15) is 19.3 Å². The van der Waals surface area contributed by atoms with Crippen LogP contribution in [0.4, 0.5) is 5.13 Å². The predicted molar refractivity (Wildman–Crippen MR) is 137 cm³/mol. The fourth-order valence-electron chi connectivity index (χ4n) is 4.14. The summed E-state index contributed by atoms with van der Waals surface area (Å²) in [6, 6.07) is 9.14. The smallest absolute Gasteiger partial charge is 0.252 e. The van der Waals surface area contributed by atoms with Gasteiger partial charge in [0.05, 0.1) is 11.8 Å². The topological polar surface area (TPSA) is 83.0 Å². The number of thiophene rings is 1. The minimum absolute atomic E-state index is 0.0185. The van der Waals surface area contributed by atoms with E-state index in [1.165, 1.54) is 27.0 Å². The summed E-state index contributed by atoms with van der Waals surface area (Å²) in [5.41, 5.74) is 0.757. The molecule has 0 radical (unpaired) electrons. The molecule has 1 fully saturated rings. The van der Waals surface area contributed by atoms with Crippen LogP contribution in [-0.2, 0) is 14.8 Å². The fourth-order valence-corrected chi connectivity index (χ4v) is 7.77. The second-order valence-corrected chi connectivity index (χ2v) is 12.7. The Morgan fingerprint density at radius 1 is 1.18 bits per heavy atom. The van der Waals surface area contributed by atoms with E-state index in [-0.39, 0.29) is 11.8 Å². The number of nitrogens with zero attached hydrogens (tertiary/aromatic N) is 4. The van der Waals surface area contributed by atoms with Crippen molar-refractivity contribution in [2.45, 2.75) is 23.5 Å². The van der Waals surface area contributed by atoms with Crippen molar-refractivity contribution in [3.05, 3.63) is 35.7 Å². The number of aromatic nitrogens is 1. The van der Waals surface area contributed by atoms with Gasteiger partial charge in [-0.1, -0.05) is 23.5 Å². The van der Waals surface area contributed by atoms with Gasteiger partial charge in [-0.2, -0.15) is 4.31 Å². The first-order chi connectivity index (χ1) is 16.3. The molecule has 34 heavy (non-hydrogen) atoms. The molecule has 8 nitrogen and oxygen atoms in total. The van der Waals surface area contributed by atoms with Crippen molar-refractivity contribution in [2.24, 2.45) is 5.92 Å². The molecule has 0 atom stereocenters. The lowest BCUT2D eigenvalue weighted by molar-refractivity contribution is -0.123. The van der Waals surface area contributed by atoms with Gasteiger partial charge >= 0.3 is 0 Å². The molecule has 1 aliphatic heterocycles. The van der Waals surface area contributed by atoms with Crippen LogP contribution < -0.4 is 9.64 Å². The van der Waals surface area contributed by atoms with Gasteiger partial charge < -0.3 is 9.64 Å². The maximum atomic E-state index is 13.7. The van der Waals surface area contributed by atoms with Gasteiger partial charge in [0.2, 0.25) is 5.91 Å². The van der Waals surface area contributed by atoms with Crippen LogP contribution in [0.3, 0.4) is 0 Å². The molecule has 1 aromatic carbocycles. The molecule has 0 aliphatic carbocycles. The molecule has 4 rings (SSSR count). The summed E-state index contributed by atoms with van der Waals surface area (Å²) in [5, 5.41) is 2.43. The van der Waals surface area contributed by atoms with E-state index in [9.17, 15) is 13.2 Å². The predicted octanol–water partition coefficient (Wildman–Crippen LogP) is 3.75. The highest BCUT2D eigenvalue weighted by atomic mass is 32.2. The van der Waals surface area contributed by atoms with E-state index >= 15 is 0 Å². The van der Waals surface area contributed by atoms with Crippen molar-refractivity contribution in [1.29, 1.82) is 0 Å². The average molecular weight is 523 g/mol. The number of anilines is 1. The number of methoxy groups -OCH3 is 1. The quantitative estimate of drug-likeness (QED) is 0.426. The first-order valence-corrected chi connectivity index (χ1v) is 14.4. The summed E-state index contributed by atoms with van der Waals surface area (Å²) in [7, 11) is 2.15. The molecule has 11 heteroatoms. The van der Waals surface area contributed by atoms with E-state index in [1.807, 2.05) is 32.3 Å². The van der Waals surface area contributed by atoms with Crippen LogP contribution in [0, 0.1) is 5.92 Å². The van der Waals surface area contributed by atoms with Crippen molar-refractivity contribution in [1.82, 2.24) is 14.2 Å². The Morgan fingerprint density at radius 3 is 2.59 bits per heavy atom. The number of carbonyl (C=O) groups is 1. The highest BCUT2D eigenvalue weighted by molar-refractivity contribution is 7.91. The zero-order valence-electron chi connectivity index (χ0n) is 19.6. The van der Waals surface area contributed by atoms with Gasteiger partial charge in [0.15, 0.2) is 5.13 Å². The molecule has 0 bridgehead atoms. The molecule has 2 aromatic heterocycles. The number of carbonyl (C=O) groups excluding carboxylic acids is 1. The normalized spacial score (nSPS) is 15.8. The SMILES string of the molecule is COc1cccc2sc(N(CCCN(C)C)C(=O)C3CCN(S(=O)(=O)c4cccs4)CC3)nc12. The number of para-hydroxylation sites is 1. The van der Waals surface area contributed by atoms with Gasteiger partial charge in [0, 0.05) is 25.6 Å². The molecule has 1 amide bonds. The maximum absolute atomic E-state index is 13.7. The summed E-state index contributed by atoms with van der Waals surface area (Å²) in [6.07, 6.45) is 1.82. The largest absolute Gasteiger partial charge is 0.494 e. The number of sulfonamides is 1. The number of hydrogen-bond donors (Lipinski definition) is 0. The van der Waals surface area contributed by atoms with Gasteiger partial charge in [0.1, 0.15) is 15.5 Å². The molecule has 1 aliphatic rings. The number of benzene rings is 1. The lowest BCUT2D eigenvalue weighted by Gasteiger charge is -2.32. The average Bonchev–Trinajstić information content (AvgIpc) is 3.52.